The Morgan fingerprint density at radius 1 is 1.39 bits per heavy atom. The lowest BCUT2D eigenvalue weighted by molar-refractivity contribution is -0.385. The minimum atomic E-state index is -0.759. The van der Waals surface area contributed by atoms with E-state index in [4.69, 9.17) is 10.5 Å². The van der Waals surface area contributed by atoms with Gasteiger partial charge < -0.3 is 10.5 Å². The van der Waals surface area contributed by atoms with Gasteiger partial charge in [-0.3, -0.25) is 10.1 Å². The Labute approximate surface area is 100 Å². The number of nitro groups is 1. The first-order valence-electron chi connectivity index (χ1n) is 4.76. The molecule has 7 nitrogen and oxygen atoms in total. The van der Waals surface area contributed by atoms with Gasteiger partial charge in [-0.15, -0.1) is 0 Å². The molecule has 8 heteroatoms. The van der Waals surface area contributed by atoms with Crippen molar-refractivity contribution in [3.63, 3.8) is 0 Å². The molecule has 0 aliphatic heterocycles. The highest BCUT2D eigenvalue weighted by atomic mass is 19.1. The SMILES string of the molecule is Nc1ccnc(Oc2ccc(F)cc2[N+](=O)[O-])n1. The molecule has 0 spiro atoms. The Morgan fingerprint density at radius 3 is 2.83 bits per heavy atom. The number of halogens is 1. The minimum absolute atomic E-state index is 0.148. The fourth-order valence-corrected chi connectivity index (χ4v) is 1.22. The van der Waals surface area contributed by atoms with Gasteiger partial charge in [-0.1, -0.05) is 0 Å². The Kier molecular flexibility index (Phi) is 3.00. The van der Waals surface area contributed by atoms with Crippen LogP contribution in [-0.2, 0) is 0 Å². The zero-order valence-electron chi connectivity index (χ0n) is 8.91. The van der Waals surface area contributed by atoms with E-state index in [-0.39, 0.29) is 17.6 Å². The highest BCUT2D eigenvalue weighted by molar-refractivity contribution is 5.47. The molecule has 0 unspecified atom stereocenters. The van der Waals surface area contributed by atoms with Crippen molar-refractivity contribution in [2.24, 2.45) is 0 Å². The van der Waals surface area contributed by atoms with Gasteiger partial charge in [0.05, 0.1) is 11.0 Å². The highest BCUT2D eigenvalue weighted by Gasteiger charge is 2.17. The van der Waals surface area contributed by atoms with E-state index in [9.17, 15) is 14.5 Å². The minimum Gasteiger partial charge on any atom is -0.417 e. The van der Waals surface area contributed by atoms with E-state index < -0.39 is 16.4 Å². The lowest BCUT2D eigenvalue weighted by Crippen LogP contribution is -1.98. The molecule has 0 radical (unpaired) electrons. The second-order valence-corrected chi connectivity index (χ2v) is 3.24. The van der Waals surface area contributed by atoms with Crippen molar-refractivity contribution < 1.29 is 14.1 Å². The van der Waals surface area contributed by atoms with Crippen LogP contribution in [-0.4, -0.2) is 14.9 Å². The molecule has 2 N–H and O–H groups in total. The smallest absolute Gasteiger partial charge is 0.324 e. The van der Waals surface area contributed by atoms with Crippen molar-refractivity contribution in [2.75, 3.05) is 5.73 Å². The van der Waals surface area contributed by atoms with Gasteiger partial charge in [0, 0.05) is 6.20 Å². The summed E-state index contributed by atoms with van der Waals surface area (Å²) in [6, 6.07) is 4.20. The molecule has 2 rings (SSSR count). The molecular formula is C10H7FN4O3. The van der Waals surface area contributed by atoms with Gasteiger partial charge in [-0.2, -0.15) is 4.98 Å². The standard InChI is InChI=1S/C10H7FN4O3/c11-6-1-2-8(7(5-6)15(16)17)18-10-13-4-3-9(12)14-10/h1-5H,(H2,12,13,14). The highest BCUT2D eigenvalue weighted by Crippen LogP contribution is 2.30. The molecule has 0 saturated heterocycles. The zero-order chi connectivity index (χ0) is 13.1. The van der Waals surface area contributed by atoms with Crippen molar-refractivity contribution >= 4 is 11.5 Å². The number of nitrogens with two attached hydrogens (primary N) is 1. The summed E-state index contributed by atoms with van der Waals surface area (Å²) >= 11 is 0. The monoisotopic (exact) mass is 250 g/mol. The van der Waals surface area contributed by atoms with Gasteiger partial charge in [-0.25, -0.2) is 9.37 Å². The van der Waals surface area contributed by atoms with Crippen molar-refractivity contribution in [2.45, 2.75) is 0 Å². The molecule has 18 heavy (non-hydrogen) atoms. The van der Waals surface area contributed by atoms with Gasteiger partial charge in [-0.05, 0) is 18.2 Å². The summed E-state index contributed by atoms with van der Waals surface area (Å²) in [4.78, 5) is 17.4. The van der Waals surface area contributed by atoms with E-state index in [1.807, 2.05) is 0 Å². The van der Waals surface area contributed by atoms with Crippen LogP contribution in [0.4, 0.5) is 15.9 Å². The molecule has 0 aliphatic carbocycles. The zero-order valence-corrected chi connectivity index (χ0v) is 8.91. The second-order valence-electron chi connectivity index (χ2n) is 3.24. The first-order valence-corrected chi connectivity index (χ1v) is 4.76. The Bertz CT molecular complexity index is 605. The number of benzene rings is 1. The molecule has 0 saturated carbocycles. The number of ether oxygens (including phenoxy) is 1. The number of aromatic nitrogens is 2. The average molecular weight is 250 g/mol. The third-order valence-electron chi connectivity index (χ3n) is 1.97. The van der Waals surface area contributed by atoms with Crippen LogP contribution in [0.3, 0.4) is 0 Å². The predicted octanol–water partition coefficient (Wildman–Crippen LogP) is 1.90. The Morgan fingerprint density at radius 2 is 2.17 bits per heavy atom. The van der Waals surface area contributed by atoms with Crippen molar-refractivity contribution in [1.29, 1.82) is 0 Å². The van der Waals surface area contributed by atoms with E-state index in [0.717, 1.165) is 18.2 Å². The molecular weight excluding hydrogens is 243 g/mol. The molecule has 1 aromatic heterocycles. The first kappa shape index (κ1) is 11.7. The molecule has 92 valence electrons. The number of anilines is 1. The summed E-state index contributed by atoms with van der Waals surface area (Å²) in [6.45, 7) is 0. The Hall–Kier alpha value is -2.77. The van der Waals surface area contributed by atoms with E-state index in [2.05, 4.69) is 9.97 Å². The van der Waals surface area contributed by atoms with Crippen LogP contribution >= 0.6 is 0 Å². The van der Waals surface area contributed by atoms with Gasteiger partial charge in [0.15, 0.2) is 0 Å². The fourth-order valence-electron chi connectivity index (χ4n) is 1.22. The van der Waals surface area contributed by atoms with E-state index >= 15 is 0 Å². The molecule has 1 aromatic carbocycles. The Balaban J connectivity index is 2.37. The summed E-state index contributed by atoms with van der Waals surface area (Å²) in [6.07, 6.45) is 1.34. The third kappa shape index (κ3) is 2.48. The van der Waals surface area contributed by atoms with Crippen molar-refractivity contribution in [3.05, 3.63) is 46.4 Å². The molecule has 2 aromatic rings. The lowest BCUT2D eigenvalue weighted by atomic mass is 10.3. The van der Waals surface area contributed by atoms with Gasteiger partial charge in [0.1, 0.15) is 11.6 Å². The van der Waals surface area contributed by atoms with E-state index in [1.54, 1.807) is 0 Å². The maximum absolute atomic E-state index is 12.9. The fraction of sp³-hybridized carbons (Fsp3) is 0. The van der Waals surface area contributed by atoms with Gasteiger partial charge >= 0.3 is 11.7 Å². The number of nitro benzene ring substituents is 1. The van der Waals surface area contributed by atoms with Crippen LogP contribution in [0.15, 0.2) is 30.5 Å². The maximum Gasteiger partial charge on any atom is 0.324 e. The van der Waals surface area contributed by atoms with Crippen molar-refractivity contribution in [3.8, 4) is 11.8 Å². The van der Waals surface area contributed by atoms with Crippen LogP contribution in [0.1, 0.15) is 0 Å². The third-order valence-corrected chi connectivity index (χ3v) is 1.97. The van der Waals surface area contributed by atoms with E-state index in [0.29, 0.717) is 0 Å². The van der Waals surface area contributed by atoms with Gasteiger partial charge in [0.25, 0.3) is 0 Å². The summed E-state index contributed by atoms with van der Waals surface area (Å²) in [5.74, 6) is -0.737. The van der Waals surface area contributed by atoms with Crippen LogP contribution in [0.2, 0.25) is 0 Å². The molecule has 0 amide bonds. The molecule has 0 bridgehead atoms. The lowest BCUT2D eigenvalue weighted by Gasteiger charge is -2.04. The predicted molar refractivity (Wildman–Crippen MR) is 59.6 cm³/mol. The van der Waals surface area contributed by atoms with Crippen LogP contribution in [0.25, 0.3) is 0 Å². The van der Waals surface area contributed by atoms with Crippen molar-refractivity contribution in [1.82, 2.24) is 9.97 Å². The topological polar surface area (TPSA) is 104 Å². The number of nitrogens with zero attached hydrogens (tertiary/aromatic N) is 3. The second kappa shape index (κ2) is 4.62. The quantitative estimate of drug-likeness (QED) is 0.658. The largest absolute Gasteiger partial charge is 0.417 e. The van der Waals surface area contributed by atoms with Crippen LogP contribution in [0, 0.1) is 15.9 Å². The summed E-state index contributed by atoms with van der Waals surface area (Å²) in [5, 5.41) is 10.7. The average Bonchev–Trinajstić information content (AvgIpc) is 2.31. The summed E-state index contributed by atoms with van der Waals surface area (Å²) < 4.78 is 18.0. The number of hydrogen-bond donors (Lipinski definition) is 1. The molecule has 0 aliphatic rings. The summed E-state index contributed by atoms with van der Waals surface area (Å²) in [5.41, 5.74) is 4.90. The number of hydrogen-bond acceptors (Lipinski definition) is 6. The van der Waals surface area contributed by atoms with Crippen LogP contribution in [0.5, 0.6) is 11.8 Å². The molecule has 1 heterocycles. The maximum atomic E-state index is 12.9. The molecule has 0 atom stereocenters. The summed E-state index contributed by atoms with van der Waals surface area (Å²) in [7, 11) is 0. The van der Waals surface area contributed by atoms with E-state index in [1.165, 1.54) is 12.3 Å². The normalized spacial score (nSPS) is 10.1. The van der Waals surface area contributed by atoms with Crippen LogP contribution < -0.4 is 10.5 Å². The number of nitrogen functional groups attached to an aromatic ring is 1. The first-order chi connectivity index (χ1) is 8.56. The van der Waals surface area contributed by atoms with Gasteiger partial charge in [0.2, 0.25) is 5.75 Å². The number of rotatable bonds is 3. The molecule has 0 fully saturated rings.